The Balaban J connectivity index is 2.07. The van der Waals surface area contributed by atoms with Crippen molar-refractivity contribution in [3.63, 3.8) is 0 Å². The van der Waals surface area contributed by atoms with Crippen LogP contribution in [0.15, 0.2) is 23.2 Å². The van der Waals surface area contributed by atoms with Crippen molar-refractivity contribution in [2.75, 3.05) is 23.8 Å². The first kappa shape index (κ1) is 11.8. The second kappa shape index (κ2) is 5.58. The SMILES string of the molecule is CCNc1nccc(N(C)Cc2cscn2)n1. The minimum absolute atomic E-state index is 0.662. The Labute approximate surface area is 105 Å². The third-order valence-electron chi connectivity index (χ3n) is 2.25. The van der Waals surface area contributed by atoms with Gasteiger partial charge in [-0.1, -0.05) is 0 Å². The Morgan fingerprint density at radius 2 is 2.29 bits per heavy atom. The van der Waals surface area contributed by atoms with Crippen molar-refractivity contribution in [2.45, 2.75) is 13.5 Å². The van der Waals surface area contributed by atoms with Crippen LogP contribution in [0.5, 0.6) is 0 Å². The maximum absolute atomic E-state index is 4.42. The average Bonchev–Trinajstić information content (AvgIpc) is 2.83. The second-order valence-electron chi connectivity index (χ2n) is 3.60. The molecule has 0 aliphatic heterocycles. The van der Waals surface area contributed by atoms with E-state index in [9.17, 15) is 0 Å². The molecule has 0 radical (unpaired) electrons. The van der Waals surface area contributed by atoms with Gasteiger partial charge >= 0.3 is 0 Å². The predicted molar refractivity (Wildman–Crippen MR) is 70.4 cm³/mol. The van der Waals surface area contributed by atoms with Crippen LogP contribution in [0.3, 0.4) is 0 Å². The molecule has 1 N–H and O–H groups in total. The average molecular weight is 249 g/mol. The van der Waals surface area contributed by atoms with E-state index in [2.05, 4.69) is 25.2 Å². The standard InChI is InChI=1S/C11H15N5S/c1-3-12-11-13-5-4-10(15-11)16(2)6-9-7-17-8-14-9/h4-5,7-8H,3,6H2,1-2H3,(H,12,13,15). The Bertz CT molecular complexity index is 457. The van der Waals surface area contributed by atoms with Crippen LogP contribution in [-0.2, 0) is 6.54 Å². The summed E-state index contributed by atoms with van der Waals surface area (Å²) in [6.07, 6.45) is 1.76. The highest BCUT2D eigenvalue weighted by Gasteiger charge is 2.06. The zero-order valence-corrected chi connectivity index (χ0v) is 10.7. The lowest BCUT2D eigenvalue weighted by atomic mass is 10.4. The number of nitrogens with one attached hydrogen (secondary N) is 1. The largest absolute Gasteiger partial charge is 0.354 e. The van der Waals surface area contributed by atoms with Crippen LogP contribution in [0.2, 0.25) is 0 Å². The highest BCUT2D eigenvalue weighted by Crippen LogP contribution is 2.13. The van der Waals surface area contributed by atoms with Gasteiger partial charge in [-0.15, -0.1) is 11.3 Å². The molecule has 5 nitrogen and oxygen atoms in total. The van der Waals surface area contributed by atoms with Gasteiger partial charge in [0.1, 0.15) is 5.82 Å². The molecule has 0 amide bonds. The van der Waals surface area contributed by atoms with Crippen LogP contribution in [-0.4, -0.2) is 28.5 Å². The highest BCUT2D eigenvalue weighted by molar-refractivity contribution is 7.07. The van der Waals surface area contributed by atoms with E-state index in [0.717, 1.165) is 24.6 Å². The molecule has 2 aromatic rings. The first-order valence-corrected chi connectivity index (χ1v) is 6.39. The van der Waals surface area contributed by atoms with Gasteiger partial charge in [0.25, 0.3) is 0 Å². The lowest BCUT2D eigenvalue weighted by molar-refractivity contribution is 0.868. The van der Waals surface area contributed by atoms with E-state index in [1.54, 1.807) is 17.5 Å². The highest BCUT2D eigenvalue weighted by atomic mass is 32.1. The van der Waals surface area contributed by atoms with Gasteiger partial charge in [-0.3, -0.25) is 0 Å². The molecule has 0 aliphatic carbocycles. The van der Waals surface area contributed by atoms with Gasteiger partial charge < -0.3 is 10.2 Å². The predicted octanol–water partition coefficient (Wildman–Crippen LogP) is 2.00. The number of hydrogen-bond donors (Lipinski definition) is 1. The topological polar surface area (TPSA) is 53.9 Å². The number of hydrogen-bond acceptors (Lipinski definition) is 6. The summed E-state index contributed by atoms with van der Waals surface area (Å²) < 4.78 is 0. The molecular weight excluding hydrogens is 234 g/mol. The van der Waals surface area contributed by atoms with Crippen molar-refractivity contribution in [1.82, 2.24) is 15.0 Å². The Morgan fingerprint density at radius 3 is 3.00 bits per heavy atom. The summed E-state index contributed by atoms with van der Waals surface area (Å²) in [5.41, 5.74) is 2.90. The summed E-state index contributed by atoms with van der Waals surface area (Å²) in [5, 5.41) is 5.14. The van der Waals surface area contributed by atoms with Crippen molar-refractivity contribution >= 4 is 23.1 Å². The van der Waals surface area contributed by atoms with Crippen molar-refractivity contribution in [1.29, 1.82) is 0 Å². The fourth-order valence-electron chi connectivity index (χ4n) is 1.44. The molecule has 0 saturated carbocycles. The third-order valence-corrected chi connectivity index (χ3v) is 2.88. The monoisotopic (exact) mass is 249 g/mol. The molecule has 2 rings (SSSR count). The number of nitrogens with zero attached hydrogens (tertiary/aromatic N) is 4. The van der Waals surface area contributed by atoms with E-state index < -0.39 is 0 Å². The Kier molecular flexibility index (Phi) is 3.87. The van der Waals surface area contributed by atoms with Crippen molar-refractivity contribution in [3.8, 4) is 0 Å². The lowest BCUT2D eigenvalue weighted by Crippen LogP contribution is -2.18. The van der Waals surface area contributed by atoms with Gasteiger partial charge in [0.2, 0.25) is 5.95 Å². The van der Waals surface area contributed by atoms with Gasteiger partial charge in [0.15, 0.2) is 0 Å². The van der Waals surface area contributed by atoms with Crippen LogP contribution in [0.1, 0.15) is 12.6 Å². The molecule has 2 aromatic heterocycles. The molecule has 17 heavy (non-hydrogen) atoms. The molecule has 0 unspecified atom stereocenters. The van der Waals surface area contributed by atoms with E-state index in [1.165, 1.54) is 0 Å². The minimum Gasteiger partial charge on any atom is -0.354 e. The summed E-state index contributed by atoms with van der Waals surface area (Å²) in [6.45, 7) is 3.60. The van der Waals surface area contributed by atoms with Crippen LogP contribution < -0.4 is 10.2 Å². The van der Waals surface area contributed by atoms with Crippen LogP contribution in [0.4, 0.5) is 11.8 Å². The normalized spacial score (nSPS) is 10.2. The van der Waals surface area contributed by atoms with Gasteiger partial charge in [-0.2, -0.15) is 4.98 Å². The molecule has 0 saturated heterocycles. The third kappa shape index (κ3) is 3.13. The molecule has 0 fully saturated rings. The molecule has 0 aliphatic rings. The summed E-state index contributed by atoms with van der Waals surface area (Å²) >= 11 is 1.61. The smallest absolute Gasteiger partial charge is 0.224 e. The quantitative estimate of drug-likeness (QED) is 0.878. The zero-order valence-electron chi connectivity index (χ0n) is 9.92. The van der Waals surface area contributed by atoms with Crippen molar-refractivity contribution in [2.24, 2.45) is 0 Å². The van der Waals surface area contributed by atoms with Gasteiger partial charge in [-0.25, -0.2) is 9.97 Å². The van der Waals surface area contributed by atoms with E-state index in [0.29, 0.717) is 5.95 Å². The summed E-state index contributed by atoms with van der Waals surface area (Å²) in [6, 6.07) is 1.90. The zero-order chi connectivity index (χ0) is 12.1. The number of rotatable bonds is 5. The maximum Gasteiger partial charge on any atom is 0.224 e. The van der Waals surface area contributed by atoms with Gasteiger partial charge in [0.05, 0.1) is 17.7 Å². The molecule has 0 bridgehead atoms. The van der Waals surface area contributed by atoms with Gasteiger partial charge in [0, 0.05) is 25.2 Å². The van der Waals surface area contributed by atoms with Crippen LogP contribution in [0, 0.1) is 0 Å². The van der Waals surface area contributed by atoms with E-state index in [-0.39, 0.29) is 0 Å². The minimum atomic E-state index is 0.662. The summed E-state index contributed by atoms with van der Waals surface area (Å²) in [5.74, 6) is 1.55. The fourth-order valence-corrected chi connectivity index (χ4v) is 1.99. The van der Waals surface area contributed by atoms with E-state index in [4.69, 9.17) is 0 Å². The lowest BCUT2D eigenvalue weighted by Gasteiger charge is -2.17. The number of aromatic nitrogens is 3. The molecule has 2 heterocycles. The summed E-state index contributed by atoms with van der Waals surface area (Å²) in [4.78, 5) is 14.9. The molecule has 0 spiro atoms. The first-order chi connectivity index (χ1) is 8.29. The molecule has 0 aromatic carbocycles. The molecule has 90 valence electrons. The summed E-state index contributed by atoms with van der Waals surface area (Å²) in [7, 11) is 2.00. The molecule has 6 heteroatoms. The molecule has 0 atom stereocenters. The second-order valence-corrected chi connectivity index (χ2v) is 4.32. The Hall–Kier alpha value is -1.69. The number of anilines is 2. The van der Waals surface area contributed by atoms with E-state index in [1.807, 2.05) is 30.9 Å². The number of thiazole rings is 1. The Morgan fingerprint density at radius 1 is 1.41 bits per heavy atom. The maximum atomic E-state index is 4.42. The van der Waals surface area contributed by atoms with Crippen LogP contribution in [0.25, 0.3) is 0 Å². The van der Waals surface area contributed by atoms with E-state index >= 15 is 0 Å². The van der Waals surface area contributed by atoms with Crippen molar-refractivity contribution in [3.05, 3.63) is 28.8 Å². The molecular formula is C11H15N5S. The van der Waals surface area contributed by atoms with Gasteiger partial charge in [-0.05, 0) is 13.0 Å². The first-order valence-electron chi connectivity index (χ1n) is 5.44. The fraction of sp³-hybridized carbons (Fsp3) is 0.364. The van der Waals surface area contributed by atoms with Crippen LogP contribution >= 0.6 is 11.3 Å². The van der Waals surface area contributed by atoms with Crippen molar-refractivity contribution < 1.29 is 0 Å².